The van der Waals surface area contributed by atoms with Crippen LogP contribution in [0.2, 0.25) is 5.02 Å². The Balaban J connectivity index is 1.33. The summed E-state index contributed by atoms with van der Waals surface area (Å²) in [6.45, 7) is 0.751. The molecule has 0 spiro atoms. The van der Waals surface area contributed by atoms with Gasteiger partial charge in [-0.25, -0.2) is 9.48 Å². The molecule has 10 heteroatoms. The first-order valence-corrected chi connectivity index (χ1v) is 10.9. The SMILES string of the molecule is COc1ccc(Cl)cc1NC(=O)NCCn1nnc2cc(C(=O)NC3CCCC3)ccc21. The van der Waals surface area contributed by atoms with Gasteiger partial charge in [-0.1, -0.05) is 29.7 Å². The highest BCUT2D eigenvalue weighted by Crippen LogP contribution is 2.27. The fourth-order valence-corrected chi connectivity index (χ4v) is 4.01. The van der Waals surface area contributed by atoms with E-state index in [1.54, 1.807) is 35.0 Å². The molecule has 1 aliphatic carbocycles. The Labute approximate surface area is 190 Å². The predicted molar refractivity (Wildman–Crippen MR) is 122 cm³/mol. The molecule has 168 valence electrons. The number of nitrogens with one attached hydrogen (secondary N) is 3. The van der Waals surface area contributed by atoms with Gasteiger partial charge in [0.2, 0.25) is 0 Å². The summed E-state index contributed by atoms with van der Waals surface area (Å²) < 4.78 is 6.91. The number of methoxy groups -OCH3 is 1. The molecule has 1 aromatic heterocycles. The van der Waals surface area contributed by atoms with E-state index in [9.17, 15) is 9.59 Å². The van der Waals surface area contributed by atoms with Crippen LogP contribution in [0.1, 0.15) is 36.0 Å². The van der Waals surface area contributed by atoms with Crippen LogP contribution in [0.3, 0.4) is 0 Å². The second kappa shape index (κ2) is 9.86. The van der Waals surface area contributed by atoms with E-state index in [-0.39, 0.29) is 18.0 Å². The van der Waals surface area contributed by atoms with Gasteiger partial charge in [0.25, 0.3) is 5.91 Å². The van der Waals surface area contributed by atoms with Crippen molar-refractivity contribution in [1.82, 2.24) is 25.6 Å². The van der Waals surface area contributed by atoms with Crippen molar-refractivity contribution in [2.75, 3.05) is 19.0 Å². The van der Waals surface area contributed by atoms with E-state index in [1.807, 2.05) is 6.07 Å². The zero-order valence-corrected chi connectivity index (χ0v) is 18.5. The van der Waals surface area contributed by atoms with Crippen molar-refractivity contribution in [2.24, 2.45) is 0 Å². The number of urea groups is 1. The lowest BCUT2D eigenvalue weighted by Gasteiger charge is -2.12. The van der Waals surface area contributed by atoms with Gasteiger partial charge in [-0.3, -0.25) is 4.79 Å². The number of carbonyl (C=O) groups is 2. The number of rotatable bonds is 7. The Morgan fingerprint density at radius 2 is 2.00 bits per heavy atom. The summed E-state index contributed by atoms with van der Waals surface area (Å²) in [6.07, 6.45) is 4.40. The molecular weight excluding hydrogens is 432 g/mol. The molecular formula is C22H25ClN6O3. The number of benzene rings is 2. The van der Waals surface area contributed by atoms with Crippen LogP contribution in [-0.2, 0) is 6.54 Å². The maximum absolute atomic E-state index is 12.5. The number of hydrogen-bond acceptors (Lipinski definition) is 5. The maximum Gasteiger partial charge on any atom is 0.319 e. The van der Waals surface area contributed by atoms with E-state index in [0.717, 1.165) is 31.2 Å². The highest BCUT2D eigenvalue weighted by molar-refractivity contribution is 6.31. The standard InChI is InChI=1S/C22H25ClN6O3/c1-32-20-9-7-15(23)13-18(20)26-22(31)24-10-11-29-19-8-6-14(12-17(19)27-28-29)21(30)25-16-4-2-3-5-16/h6-9,12-13,16H,2-5,10-11H2,1H3,(H,25,30)(H2,24,26,31). The van der Waals surface area contributed by atoms with E-state index in [2.05, 4.69) is 26.3 Å². The molecule has 0 atom stereocenters. The van der Waals surface area contributed by atoms with Gasteiger partial charge in [0.1, 0.15) is 11.3 Å². The van der Waals surface area contributed by atoms with E-state index < -0.39 is 0 Å². The van der Waals surface area contributed by atoms with Crippen LogP contribution in [-0.4, -0.2) is 46.6 Å². The third kappa shape index (κ3) is 5.11. The molecule has 1 fully saturated rings. The van der Waals surface area contributed by atoms with E-state index in [0.29, 0.717) is 40.6 Å². The molecule has 32 heavy (non-hydrogen) atoms. The highest BCUT2D eigenvalue weighted by atomic mass is 35.5. The van der Waals surface area contributed by atoms with Crippen LogP contribution in [0.4, 0.5) is 10.5 Å². The van der Waals surface area contributed by atoms with Crippen LogP contribution < -0.4 is 20.7 Å². The van der Waals surface area contributed by atoms with E-state index in [1.165, 1.54) is 7.11 Å². The van der Waals surface area contributed by atoms with Crippen molar-refractivity contribution >= 4 is 40.3 Å². The molecule has 3 aromatic rings. The van der Waals surface area contributed by atoms with Crippen molar-refractivity contribution in [3.05, 3.63) is 47.0 Å². The average Bonchev–Trinajstić information content (AvgIpc) is 3.43. The Hall–Kier alpha value is -3.33. The molecule has 0 radical (unpaired) electrons. The topological polar surface area (TPSA) is 110 Å². The Morgan fingerprint density at radius 1 is 1.19 bits per heavy atom. The van der Waals surface area contributed by atoms with Gasteiger partial charge < -0.3 is 20.7 Å². The van der Waals surface area contributed by atoms with E-state index in [4.69, 9.17) is 16.3 Å². The molecule has 0 aliphatic heterocycles. The van der Waals surface area contributed by atoms with Gasteiger partial charge in [-0.05, 0) is 49.2 Å². The Bertz CT molecular complexity index is 1130. The minimum atomic E-state index is -0.388. The minimum Gasteiger partial charge on any atom is -0.495 e. The molecule has 2 aromatic carbocycles. The van der Waals surface area contributed by atoms with Crippen molar-refractivity contribution in [3.63, 3.8) is 0 Å². The van der Waals surface area contributed by atoms with Gasteiger partial charge >= 0.3 is 6.03 Å². The molecule has 0 saturated heterocycles. The summed E-state index contributed by atoms with van der Waals surface area (Å²) in [5.74, 6) is 0.433. The number of halogens is 1. The first-order valence-electron chi connectivity index (χ1n) is 10.6. The predicted octanol–water partition coefficient (Wildman–Crippen LogP) is 3.59. The molecule has 3 N–H and O–H groups in total. The van der Waals surface area contributed by atoms with Crippen molar-refractivity contribution in [2.45, 2.75) is 38.3 Å². The fourth-order valence-electron chi connectivity index (χ4n) is 3.84. The van der Waals surface area contributed by atoms with Gasteiger partial charge in [-0.2, -0.15) is 0 Å². The lowest BCUT2D eigenvalue weighted by molar-refractivity contribution is 0.0938. The summed E-state index contributed by atoms with van der Waals surface area (Å²) in [6, 6.07) is 10.2. The summed E-state index contributed by atoms with van der Waals surface area (Å²) in [5.41, 5.74) is 2.48. The smallest absolute Gasteiger partial charge is 0.319 e. The van der Waals surface area contributed by atoms with Crippen LogP contribution in [0.5, 0.6) is 5.75 Å². The number of carbonyl (C=O) groups excluding carboxylic acids is 2. The van der Waals surface area contributed by atoms with E-state index >= 15 is 0 Å². The van der Waals surface area contributed by atoms with Crippen molar-refractivity contribution < 1.29 is 14.3 Å². The third-order valence-electron chi connectivity index (χ3n) is 5.49. The lowest BCUT2D eigenvalue weighted by Crippen LogP contribution is -2.32. The number of ether oxygens (including phenoxy) is 1. The van der Waals surface area contributed by atoms with Crippen LogP contribution in [0.15, 0.2) is 36.4 Å². The number of anilines is 1. The summed E-state index contributed by atoms with van der Waals surface area (Å²) >= 11 is 5.99. The third-order valence-corrected chi connectivity index (χ3v) is 5.72. The van der Waals surface area contributed by atoms with Gasteiger partial charge in [0, 0.05) is 23.2 Å². The van der Waals surface area contributed by atoms with Crippen LogP contribution in [0.25, 0.3) is 11.0 Å². The second-order valence-electron chi connectivity index (χ2n) is 7.70. The first-order chi connectivity index (χ1) is 15.5. The maximum atomic E-state index is 12.5. The van der Waals surface area contributed by atoms with Crippen molar-refractivity contribution in [3.8, 4) is 5.75 Å². The van der Waals surface area contributed by atoms with Crippen LogP contribution >= 0.6 is 11.6 Å². The summed E-state index contributed by atoms with van der Waals surface area (Å²) in [7, 11) is 1.52. The molecule has 0 unspecified atom stereocenters. The number of fused-ring (bicyclic) bond motifs is 1. The molecule has 0 bridgehead atoms. The quantitative estimate of drug-likeness (QED) is 0.503. The first kappa shape index (κ1) is 21.9. The highest BCUT2D eigenvalue weighted by Gasteiger charge is 2.18. The molecule has 4 rings (SSSR count). The zero-order chi connectivity index (χ0) is 22.5. The number of hydrogen-bond donors (Lipinski definition) is 3. The summed E-state index contributed by atoms with van der Waals surface area (Å²) in [5, 5.41) is 17.4. The van der Waals surface area contributed by atoms with Gasteiger partial charge in [-0.15, -0.1) is 5.10 Å². The average molecular weight is 457 g/mol. The molecule has 1 heterocycles. The largest absolute Gasteiger partial charge is 0.495 e. The van der Waals surface area contributed by atoms with Crippen LogP contribution in [0, 0.1) is 0 Å². The number of aromatic nitrogens is 3. The second-order valence-corrected chi connectivity index (χ2v) is 8.13. The Kier molecular flexibility index (Phi) is 6.75. The number of nitrogens with zero attached hydrogens (tertiary/aromatic N) is 3. The molecule has 1 saturated carbocycles. The number of amides is 3. The lowest BCUT2D eigenvalue weighted by atomic mass is 10.1. The van der Waals surface area contributed by atoms with Gasteiger partial charge in [0.05, 0.1) is 24.9 Å². The van der Waals surface area contributed by atoms with Crippen molar-refractivity contribution in [1.29, 1.82) is 0 Å². The molecule has 9 nitrogen and oxygen atoms in total. The normalized spacial score (nSPS) is 13.8. The zero-order valence-electron chi connectivity index (χ0n) is 17.7. The fraction of sp³-hybridized carbons (Fsp3) is 0.364. The summed E-state index contributed by atoms with van der Waals surface area (Å²) in [4.78, 5) is 24.7. The Morgan fingerprint density at radius 3 is 2.78 bits per heavy atom. The molecule has 1 aliphatic rings. The minimum absolute atomic E-state index is 0.0804. The van der Waals surface area contributed by atoms with Gasteiger partial charge in [0.15, 0.2) is 0 Å². The monoisotopic (exact) mass is 456 g/mol. The molecule has 3 amide bonds.